The smallest absolute Gasteiger partial charge is 0.251 e. The zero-order valence-corrected chi connectivity index (χ0v) is 15.6. The second-order valence-electron chi connectivity index (χ2n) is 6.83. The molecule has 27 heavy (non-hydrogen) atoms. The molecule has 0 bridgehead atoms. The van der Waals surface area contributed by atoms with Crippen molar-refractivity contribution >= 4 is 17.5 Å². The number of amides is 2. The van der Waals surface area contributed by atoms with Gasteiger partial charge in [-0.3, -0.25) is 14.0 Å². The zero-order valence-electron chi connectivity index (χ0n) is 15.6. The Labute approximate surface area is 157 Å². The molecule has 0 fully saturated rings. The van der Waals surface area contributed by atoms with Gasteiger partial charge in [0.2, 0.25) is 5.91 Å². The first-order chi connectivity index (χ1) is 13.0. The fourth-order valence-electron chi connectivity index (χ4n) is 2.83. The normalized spacial score (nSPS) is 12.1. The molecule has 0 spiro atoms. The minimum Gasteiger partial charge on any atom is -0.347 e. The lowest BCUT2D eigenvalue weighted by Gasteiger charge is -2.21. The molecule has 2 N–H and O–H groups in total. The molecule has 2 heterocycles. The summed E-state index contributed by atoms with van der Waals surface area (Å²) in [6.45, 7) is 5.94. The SMILES string of the molecule is Cc1cccc(C(=O)NC(C(=O)NCc2nnc3ccccn23)C(C)C)c1. The number of hydrogen-bond donors (Lipinski definition) is 2. The fraction of sp³-hybridized carbons (Fsp3) is 0.300. The Balaban J connectivity index is 1.67. The highest BCUT2D eigenvalue weighted by Gasteiger charge is 2.25. The molecule has 7 heteroatoms. The predicted octanol–water partition coefficient (Wildman–Crippen LogP) is 2.11. The highest BCUT2D eigenvalue weighted by Crippen LogP contribution is 2.08. The maximum Gasteiger partial charge on any atom is 0.251 e. The largest absolute Gasteiger partial charge is 0.347 e. The molecule has 0 aliphatic carbocycles. The standard InChI is InChI=1S/C20H23N5O2/c1-13(2)18(22-19(26)15-8-6-7-14(3)11-15)20(27)21-12-17-24-23-16-9-4-5-10-25(16)17/h4-11,13,18H,12H2,1-3H3,(H,21,27)(H,22,26). The second kappa shape index (κ2) is 7.99. The van der Waals surface area contributed by atoms with Gasteiger partial charge in [0.15, 0.2) is 11.5 Å². The molecule has 3 rings (SSSR count). The summed E-state index contributed by atoms with van der Waals surface area (Å²) in [5, 5.41) is 13.8. The Morgan fingerprint density at radius 2 is 1.93 bits per heavy atom. The summed E-state index contributed by atoms with van der Waals surface area (Å²) in [4.78, 5) is 25.2. The number of aryl methyl sites for hydroxylation is 1. The molecular formula is C20H23N5O2. The summed E-state index contributed by atoms with van der Waals surface area (Å²) in [6, 6.07) is 12.2. The molecule has 2 aromatic heterocycles. The van der Waals surface area contributed by atoms with E-state index in [0.29, 0.717) is 11.4 Å². The van der Waals surface area contributed by atoms with Crippen LogP contribution in [0.5, 0.6) is 0 Å². The fourth-order valence-corrected chi connectivity index (χ4v) is 2.83. The molecule has 1 atom stereocenters. The van der Waals surface area contributed by atoms with Crippen molar-refractivity contribution in [3.63, 3.8) is 0 Å². The summed E-state index contributed by atoms with van der Waals surface area (Å²) < 4.78 is 1.82. The summed E-state index contributed by atoms with van der Waals surface area (Å²) >= 11 is 0. The first-order valence-corrected chi connectivity index (χ1v) is 8.89. The van der Waals surface area contributed by atoms with Crippen LogP contribution in [0, 0.1) is 12.8 Å². The van der Waals surface area contributed by atoms with Gasteiger partial charge in [0.05, 0.1) is 6.54 Å². The maximum atomic E-state index is 12.7. The number of hydrogen-bond acceptors (Lipinski definition) is 4. The van der Waals surface area contributed by atoms with Gasteiger partial charge in [0.1, 0.15) is 6.04 Å². The average Bonchev–Trinajstić information content (AvgIpc) is 3.07. The maximum absolute atomic E-state index is 12.7. The molecule has 7 nitrogen and oxygen atoms in total. The second-order valence-corrected chi connectivity index (χ2v) is 6.83. The van der Waals surface area contributed by atoms with Crippen LogP contribution in [0.4, 0.5) is 0 Å². The van der Waals surface area contributed by atoms with Crippen LogP contribution in [0.2, 0.25) is 0 Å². The monoisotopic (exact) mass is 365 g/mol. The van der Waals surface area contributed by atoms with Crippen LogP contribution in [0.15, 0.2) is 48.7 Å². The topological polar surface area (TPSA) is 88.4 Å². The van der Waals surface area contributed by atoms with Crippen LogP contribution in [0.1, 0.15) is 35.6 Å². The molecule has 1 aromatic carbocycles. The van der Waals surface area contributed by atoms with E-state index in [9.17, 15) is 9.59 Å². The van der Waals surface area contributed by atoms with Crippen molar-refractivity contribution in [1.82, 2.24) is 25.2 Å². The molecule has 0 aliphatic heterocycles. The quantitative estimate of drug-likeness (QED) is 0.700. The predicted molar refractivity (Wildman–Crippen MR) is 102 cm³/mol. The molecule has 2 amide bonds. The van der Waals surface area contributed by atoms with Crippen LogP contribution >= 0.6 is 0 Å². The van der Waals surface area contributed by atoms with Gasteiger partial charge in [-0.25, -0.2) is 0 Å². The van der Waals surface area contributed by atoms with Crippen LogP contribution < -0.4 is 10.6 Å². The lowest BCUT2D eigenvalue weighted by molar-refractivity contribution is -0.124. The lowest BCUT2D eigenvalue weighted by Crippen LogP contribution is -2.49. The number of aromatic nitrogens is 3. The molecule has 0 radical (unpaired) electrons. The van der Waals surface area contributed by atoms with Crippen molar-refractivity contribution in [2.24, 2.45) is 5.92 Å². The lowest BCUT2D eigenvalue weighted by atomic mass is 10.0. The van der Waals surface area contributed by atoms with Crippen molar-refractivity contribution in [1.29, 1.82) is 0 Å². The number of pyridine rings is 1. The van der Waals surface area contributed by atoms with Gasteiger partial charge in [-0.1, -0.05) is 37.6 Å². The van der Waals surface area contributed by atoms with Crippen LogP contribution in [-0.2, 0) is 11.3 Å². The number of nitrogens with zero attached hydrogens (tertiary/aromatic N) is 3. The van der Waals surface area contributed by atoms with Gasteiger partial charge in [0.25, 0.3) is 5.91 Å². The molecule has 0 saturated heterocycles. The van der Waals surface area contributed by atoms with Crippen molar-refractivity contribution in [3.05, 3.63) is 65.6 Å². The number of carbonyl (C=O) groups excluding carboxylic acids is 2. The molecule has 140 valence electrons. The molecule has 0 aliphatic rings. The third-order valence-electron chi connectivity index (χ3n) is 4.32. The van der Waals surface area contributed by atoms with Gasteiger partial charge >= 0.3 is 0 Å². The first kappa shape index (κ1) is 18.6. The average molecular weight is 365 g/mol. The summed E-state index contributed by atoms with van der Waals surface area (Å²) in [5.41, 5.74) is 2.25. The van der Waals surface area contributed by atoms with Crippen molar-refractivity contribution < 1.29 is 9.59 Å². The Kier molecular flexibility index (Phi) is 5.49. The van der Waals surface area contributed by atoms with E-state index in [1.165, 1.54) is 0 Å². The van der Waals surface area contributed by atoms with Gasteiger partial charge in [-0.05, 0) is 37.1 Å². The highest BCUT2D eigenvalue weighted by molar-refractivity contribution is 5.97. The third kappa shape index (κ3) is 4.31. The van der Waals surface area contributed by atoms with E-state index in [4.69, 9.17) is 0 Å². The molecule has 1 unspecified atom stereocenters. The van der Waals surface area contributed by atoms with E-state index >= 15 is 0 Å². The van der Waals surface area contributed by atoms with Gasteiger partial charge in [0, 0.05) is 11.8 Å². The van der Waals surface area contributed by atoms with E-state index in [0.717, 1.165) is 11.2 Å². The third-order valence-corrected chi connectivity index (χ3v) is 4.32. The Morgan fingerprint density at radius 1 is 1.11 bits per heavy atom. The zero-order chi connectivity index (χ0) is 19.4. The van der Waals surface area contributed by atoms with Gasteiger partial charge in [-0.2, -0.15) is 0 Å². The number of benzene rings is 1. The number of nitrogens with one attached hydrogen (secondary N) is 2. The highest BCUT2D eigenvalue weighted by atomic mass is 16.2. The number of rotatable bonds is 6. The Morgan fingerprint density at radius 3 is 2.67 bits per heavy atom. The summed E-state index contributed by atoms with van der Waals surface area (Å²) in [7, 11) is 0. The Hall–Kier alpha value is -3.22. The summed E-state index contributed by atoms with van der Waals surface area (Å²) in [6.07, 6.45) is 1.84. The Bertz CT molecular complexity index is 964. The van der Waals surface area contributed by atoms with Gasteiger partial charge in [-0.15, -0.1) is 10.2 Å². The minimum atomic E-state index is -0.641. The van der Waals surface area contributed by atoms with Crippen molar-refractivity contribution in [2.75, 3.05) is 0 Å². The van der Waals surface area contributed by atoms with Gasteiger partial charge < -0.3 is 10.6 Å². The van der Waals surface area contributed by atoms with Crippen LogP contribution in [0.25, 0.3) is 5.65 Å². The van der Waals surface area contributed by atoms with E-state index in [2.05, 4.69) is 20.8 Å². The van der Waals surface area contributed by atoms with Crippen LogP contribution in [0.3, 0.4) is 0 Å². The minimum absolute atomic E-state index is 0.0612. The van der Waals surface area contributed by atoms with Crippen molar-refractivity contribution in [3.8, 4) is 0 Å². The molecule has 0 saturated carbocycles. The van der Waals surface area contributed by atoms with E-state index in [1.807, 2.05) is 61.7 Å². The van der Waals surface area contributed by atoms with E-state index in [-0.39, 0.29) is 24.3 Å². The van der Waals surface area contributed by atoms with Crippen molar-refractivity contribution in [2.45, 2.75) is 33.4 Å². The number of carbonyl (C=O) groups is 2. The van der Waals surface area contributed by atoms with E-state index < -0.39 is 6.04 Å². The van der Waals surface area contributed by atoms with Crippen LogP contribution in [-0.4, -0.2) is 32.5 Å². The number of fused-ring (bicyclic) bond motifs is 1. The molecular weight excluding hydrogens is 342 g/mol. The molecule has 3 aromatic rings. The van der Waals surface area contributed by atoms with E-state index in [1.54, 1.807) is 12.1 Å². The summed E-state index contributed by atoms with van der Waals surface area (Å²) in [5.74, 6) is 0.0551. The first-order valence-electron chi connectivity index (χ1n) is 8.89.